The van der Waals surface area contributed by atoms with Gasteiger partial charge in [0.2, 0.25) is 0 Å². The van der Waals surface area contributed by atoms with E-state index < -0.39 is 0 Å². The average Bonchev–Trinajstić information content (AvgIpc) is 2.47. The van der Waals surface area contributed by atoms with E-state index in [1.807, 2.05) is 24.3 Å². The summed E-state index contributed by atoms with van der Waals surface area (Å²) in [5.74, 6) is 1.29. The van der Waals surface area contributed by atoms with Crippen molar-refractivity contribution in [1.29, 1.82) is 0 Å². The number of carbonyl (C=O) groups excluding carboxylic acids is 1. The Kier molecular flexibility index (Phi) is 5.50. The molecule has 0 heterocycles. The second kappa shape index (κ2) is 7.36. The van der Waals surface area contributed by atoms with E-state index in [-0.39, 0.29) is 0 Å². The van der Waals surface area contributed by atoms with Gasteiger partial charge < -0.3 is 5.32 Å². The Hall–Kier alpha value is -1.45. The van der Waals surface area contributed by atoms with Gasteiger partial charge in [0.05, 0.1) is 5.56 Å². The minimum Gasteiger partial charge on any atom is -0.312 e. The Morgan fingerprint density at radius 1 is 1.20 bits per heavy atom. The molecule has 104 valence electrons. The largest absolute Gasteiger partial charge is 0.356 e. The molecule has 0 aliphatic heterocycles. The van der Waals surface area contributed by atoms with Crippen LogP contribution in [0, 0.1) is 0 Å². The van der Waals surface area contributed by atoms with Gasteiger partial charge in [-0.2, -0.15) is 0 Å². The van der Waals surface area contributed by atoms with Crippen LogP contribution >= 0.6 is 15.9 Å². The lowest BCUT2D eigenvalue weighted by atomic mass is 10.0. The molecule has 0 amide bonds. The number of halogens is 1. The molecule has 2 aromatic rings. The van der Waals surface area contributed by atoms with E-state index in [1.165, 1.54) is 5.56 Å². The van der Waals surface area contributed by atoms with Gasteiger partial charge in [-0.1, -0.05) is 47.1 Å². The number of nitrogens with one attached hydrogen (secondary N) is 1. The highest BCUT2D eigenvalue weighted by Crippen LogP contribution is 2.20. The average molecular weight is 333 g/mol. The maximum atomic E-state index is 5.11. The maximum Gasteiger partial charge on any atom is 0.356 e. The summed E-state index contributed by atoms with van der Waals surface area (Å²) in [5.41, 5.74) is 2.46. The molecule has 0 saturated carbocycles. The van der Waals surface area contributed by atoms with Gasteiger partial charge in [-0.25, -0.2) is 4.42 Å². The fraction of sp³-hybridized carbons (Fsp3) is 0.235. The molecule has 1 atom stereocenters. The molecule has 1 unspecified atom stereocenters. The first-order valence-electron chi connectivity index (χ1n) is 6.67. The van der Waals surface area contributed by atoms with Crippen LogP contribution < -0.4 is 5.32 Å². The number of hydrogen-bond donors (Lipinski definition) is 1. The van der Waals surface area contributed by atoms with Crippen LogP contribution in [0.3, 0.4) is 0 Å². The van der Waals surface area contributed by atoms with E-state index in [0.717, 1.165) is 28.9 Å². The third kappa shape index (κ3) is 4.02. The minimum atomic E-state index is 0.459. The summed E-state index contributed by atoms with van der Waals surface area (Å²) in [6.45, 7) is 7.41. The van der Waals surface area contributed by atoms with Crippen molar-refractivity contribution in [3.63, 3.8) is 0 Å². The quantitative estimate of drug-likeness (QED) is 0.777. The molecule has 20 heavy (non-hydrogen) atoms. The van der Waals surface area contributed by atoms with Gasteiger partial charge in [-0.15, -0.1) is 0 Å². The molecule has 0 spiro atoms. The summed E-state index contributed by atoms with van der Waals surface area (Å²) < 4.78 is 6.23. The third-order valence-electron chi connectivity index (χ3n) is 3.31. The van der Waals surface area contributed by atoms with Crippen LogP contribution in [-0.4, -0.2) is 13.3 Å². The number of rotatable bonds is 6. The lowest BCUT2D eigenvalue weighted by Gasteiger charge is -2.13. The maximum absolute atomic E-state index is 5.11. The third-order valence-corrected chi connectivity index (χ3v) is 3.81. The molecule has 0 saturated heterocycles. The molecule has 2 nitrogen and oxygen atoms in total. The van der Waals surface area contributed by atoms with Gasteiger partial charge in [-0.3, -0.25) is 0 Å². The smallest absolute Gasteiger partial charge is 0.312 e. The molecule has 1 N–H and O–H groups in total. The van der Waals surface area contributed by atoms with Crippen LogP contribution in [0.5, 0.6) is 5.75 Å². The van der Waals surface area contributed by atoms with Crippen molar-refractivity contribution in [2.24, 2.45) is 0 Å². The zero-order valence-electron chi connectivity index (χ0n) is 11.6. The Bertz CT molecular complexity index is 583. The van der Waals surface area contributed by atoms with Crippen LogP contribution in [0.4, 0.5) is 0 Å². The van der Waals surface area contributed by atoms with E-state index in [9.17, 15) is 0 Å². The van der Waals surface area contributed by atoms with E-state index >= 15 is 0 Å². The van der Waals surface area contributed by atoms with Crippen LogP contribution in [0.25, 0.3) is 0 Å². The predicted molar refractivity (Wildman–Crippen MR) is 87.3 cm³/mol. The van der Waals surface area contributed by atoms with Crippen molar-refractivity contribution in [3.8, 4) is 5.75 Å². The van der Waals surface area contributed by atoms with E-state index in [2.05, 4.69) is 59.2 Å². The minimum absolute atomic E-state index is 0.459. The molecule has 0 aliphatic rings. The van der Waals surface area contributed by atoms with E-state index in [4.69, 9.17) is 4.42 Å². The molecule has 0 bridgehead atoms. The second-order valence-corrected chi connectivity index (χ2v) is 5.75. The molecule has 0 aliphatic carbocycles. The summed E-state index contributed by atoms with van der Waals surface area (Å²) in [6, 6.07) is 16.4. The van der Waals surface area contributed by atoms with Gasteiger partial charge in [-0.05, 0) is 29.7 Å². The van der Waals surface area contributed by atoms with Gasteiger partial charge in [0, 0.05) is 23.6 Å². The van der Waals surface area contributed by atoms with E-state index in [0.29, 0.717) is 5.92 Å². The Morgan fingerprint density at radius 2 is 2.00 bits per heavy atom. The van der Waals surface area contributed by atoms with Crippen LogP contribution in [0.15, 0.2) is 53.0 Å². The first-order chi connectivity index (χ1) is 9.70. The molecule has 0 radical (unpaired) electrons. The second-order valence-electron chi connectivity index (χ2n) is 4.84. The van der Waals surface area contributed by atoms with Crippen molar-refractivity contribution in [2.75, 3.05) is 6.54 Å². The van der Waals surface area contributed by atoms with Gasteiger partial charge >= 0.3 is 5.75 Å². The molecule has 0 aromatic heterocycles. The van der Waals surface area contributed by atoms with Gasteiger partial charge in [0.1, 0.15) is 0 Å². The monoisotopic (exact) mass is 332 g/mol. The summed E-state index contributed by atoms with van der Waals surface area (Å²) in [4.78, 5) is 0. The molecule has 2 aromatic carbocycles. The highest BCUT2D eigenvalue weighted by atomic mass is 79.9. The van der Waals surface area contributed by atoms with Crippen LogP contribution in [0.1, 0.15) is 24.0 Å². The first kappa shape index (κ1) is 14.9. The summed E-state index contributed by atoms with van der Waals surface area (Å²) in [7, 11) is 0. The number of para-hydroxylation sites is 1. The lowest BCUT2D eigenvalue weighted by Crippen LogP contribution is -2.19. The van der Waals surface area contributed by atoms with Crippen LogP contribution in [-0.2, 0) is 11.0 Å². The van der Waals surface area contributed by atoms with Crippen molar-refractivity contribution >= 4 is 22.7 Å². The first-order valence-corrected chi connectivity index (χ1v) is 7.46. The highest BCUT2D eigenvalue weighted by molar-refractivity contribution is 9.10. The molecular formula is C17H19BrNO+. The Morgan fingerprint density at radius 3 is 2.75 bits per heavy atom. The number of benzene rings is 2. The lowest BCUT2D eigenvalue weighted by molar-refractivity contribution is -0.355. The predicted octanol–water partition coefficient (Wildman–Crippen LogP) is 4.42. The van der Waals surface area contributed by atoms with Crippen molar-refractivity contribution < 1.29 is 4.42 Å². The fourth-order valence-electron chi connectivity index (χ4n) is 2.14. The molecular weight excluding hydrogens is 314 g/mol. The van der Waals surface area contributed by atoms with E-state index in [1.54, 1.807) is 0 Å². The molecule has 0 fully saturated rings. The SMILES string of the molecule is C=[O+]c1ccccc1CNCC(C)c1cccc(Br)c1. The van der Waals surface area contributed by atoms with Crippen molar-refractivity contribution in [2.45, 2.75) is 19.4 Å². The fourth-order valence-corrected chi connectivity index (χ4v) is 2.56. The van der Waals surface area contributed by atoms with Crippen LogP contribution in [0.2, 0.25) is 0 Å². The molecule has 3 heteroatoms. The Labute approximate surface area is 128 Å². The zero-order valence-corrected chi connectivity index (χ0v) is 13.2. The van der Waals surface area contributed by atoms with Gasteiger partial charge in [0.25, 0.3) is 6.79 Å². The zero-order chi connectivity index (χ0) is 14.4. The number of hydrogen-bond acceptors (Lipinski definition) is 1. The van der Waals surface area contributed by atoms with Gasteiger partial charge in [0.15, 0.2) is 0 Å². The normalized spacial score (nSPS) is 12.1. The summed E-state index contributed by atoms with van der Waals surface area (Å²) in [6.07, 6.45) is 0. The Balaban J connectivity index is 1.91. The standard InChI is InChI=1S/C17H19BrNO/c1-13(14-7-5-8-16(18)10-14)11-19-12-15-6-3-4-9-17(15)20-2/h3-10,13,19H,2,11-12H2,1H3/q+1. The van der Waals surface area contributed by atoms with Crippen molar-refractivity contribution in [3.05, 3.63) is 64.1 Å². The molecule has 2 rings (SSSR count). The highest BCUT2D eigenvalue weighted by Gasteiger charge is 2.10. The summed E-state index contributed by atoms with van der Waals surface area (Å²) in [5, 5.41) is 3.47. The van der Waals surface area contributed by atoms with Crippen molar-refractivity contribution in [1.82, 2.24) is 5.32 Å². The topological polar surface area (TPSA) is 23.3 Å². The summed E-state index contributed by atoms with van der Waals surface area (Å²) >= 11 is 3.51.